The first-order chi connectivity index (χ1) is 9.63. The van der Waals surface area contributed by atoms with Crippen molar-refractivity contribution in [3.63, 3.8) is 0 Å². The number of rotatable bonds is 5. The molecule has 1 aliphatic heterocycles. The summed E-state index contributed by atoms with van der Waals surface area (Å²) in [5.41, 5.74) is 2.13. The largest absolute Gasteiger partial charge is 0.301 e. The van der Waals surface area contributed by atoms with Crippen LogP contribution in [-0.4, -0.2) is 54.9 Å². The third kappa shape index (κ3) is 3.68. The van der Waals surface area contributed by atoms with Crippen LogP contribution in [0.3, 0.4) is 0 Å². The van der Waals surface area contributed by atoms with Gasteiger partial charge in [0, 0.05) is 31.2 Å². The molecule has 20 heavy (non-hydrogen) atoms. The van der Waals surface area contributed by atoms with Gasteiger partial charge in [0.25, 0.3) is 0 Å². The molecule has 1 unspecified atom stereocenters. The van der Waals surface area contributed by atoms with Crippen molar-refractivity contribution in [3.05, 3.63) is 35.4 Å². The summed E-state index contributed by atoms with van der Waals surface area (Å²) in [5, 5.41) is 0. The molecule has 1 aromatic rings. The number of hydrogen-bond acceptors (Lipinski definition) is 3. The van der Waals surface area contributed by atoms with Gasteiger partial charge in [0.2, 0.25) is 0 Å². The van der Waals surface area contributed by atoms with E-state index in [1.54, 1.807) is 0 Å². The fourth-order valence-corrected chi connectivity index (χ4v) is 2.82. The standard InChI is InChI=1S/C17H26N2O/c1-4-14-6-8-15(9-7-14)17(20)13-19-11-10-18(3)16(5-2)12-19/h6-9,16H,4-5,10-13H2,1-3H3. The molecule has 3 nitrogen and oxygen atoms in total. The minimum Gasteiger partial charge on any atom is -0.301 e. The van der Waals surface area contributed by atoms with Gasteiger partial charge in [0.1, 0.15) is 0 Å². The number of benzene rings is 1. The molecule has 1 heterocycles. The van der Waals surface area contributed by atoms with Crippen LogP contribution < -0.4 is 0 Å². The van der Waals surface area contributed by atoms with Gasteiger partial charge in [-0.2, -0.15) is 0 Å². The number of Topliss-reactive ketones (excluding diaryl/α,β-unsaturated/α-hetero) is 1. The molecule has 0 saturated carbocycles. The predicted molar refractivity (Wildman–Crippen MR) is 83.3 cm³/mol. The lowest BCUT2D eigenvalue weighted by Crippen LogP contribution is -2.52. The van der Waals surface area contributed by atoms with Gasteiger partial charge >= 0.3 is 0 Å². The van der Waals surface area contributed by atoms with E-state index in [9.17, 15) is 4.79 Å². The van der Waals surface area contributed by atoms with Crippen LogP contribution >= 0.6 is 0 Å². The Morgan fingerprint density at radius 1 is 1.20 bits per heavy atom. The lowest BCUT2D eigenvalue weighted by Gasteiger charge is -2.38. The highest BCUT2D eigenvalue weighted by Crippen LogP contribution is 2.12. The number of ketones is 1. The molecule has 110 valence electrons. The molecule has 1 aromatic carbocycles. The highest BCUT2D eigenvalue weighted by molar-refractivity contribution is 5.97. The average Bonchev–Trinajstić information content (AvgIpc) is 2.49. The summed E-state index contributed by atoms with van der Waals surface area (Å²) in [5.74, 6) is 0.243. The molecule has 0 aliphatic carbocycles. The SMILES string of the molecule is CCc1ccc(C(=O)CN2CCN(C)C(CC)C2)cc1. The Labute approximate surface area is 122 Å². The molecule has 0 radical (unpaired) electrons. The molecule has 0 spiro atoms. The molecular weight excluding hydrogens is 248 g/mol. The number of likely N-dealkylation sites (N-methyl/N-ethyl adjacent to an activating group) is 1. The van der Waals surface area contributed by atoms with Crippen LogP contribution in [0.25, 0.3) is 0 Å². The molecule has 0 amide bonds. The number of piperazine rings is 1. The van der Waals surface area contributed by atoms with Crippen molar-refractivity contribution in [2.45, 2.75) is 32.7 Å². The van der Waals surface area contributed by atoms with E-state index >= 15 is 0 Å². The van der Waals surface area contributed by atoms with Crippen LogP contribution in [0.15, 0.2) is 24.3 Å². The topological polar surface area (TPSA) is 23.6 Å². The Balaban J connectivity index is 1.93. The normalized spacial score (nSPS) is 21.1. The number of aryl methyl sites for hydroxylation is 1. The van der Waals surface area contributed by atoms with Gasteiger partial charge in [-0.3, -0.25) is 9.69 Å². The lowest BCUT2D eigenvalue weighted by molar-refractivity contribution is 0.0743. The van der Waals surface area contributed by atoms with E-state index < -0.39 is 0 Å². The zero-order valence-corrected chi connectivity index (χ0v) is 12.9. The summed E-state index contributed by atoms with van der Waals surface area (Å²) in [6.07, 6.45) is 2.16. The second-order valence-corrected chi connectivity index (χ2v) is 5.75. The summed E-state index contributed by atoms with van der Waals surface area (Å²) < 4.78 is 0. The average molecular weight is 274 g/mol. The highest BCUT2D eigenvalue weighted by Gasteiger charge is 2.24. The van der Waals surface area contributed by atoms with Crippen molar-refractivity contribution >= 4 is 5.78 Å². The second-order valence-electron chi connectivity index (χ2n) is 5.75. The van der Waals surface area contributed by atoms with E-state index in [2.05, 4.69) is 42.8 Å². The Morgan fingerprint density at radius 3 is 2.50 bits per heavy atom. The zero-order valence-electron chi connectivity index (χ0n) is 12.9. The molecule has 0 aromatic heterocycles. The van der Waals surface area contributed by atoms with Crippen LogP contribution in [0.4, 0.5) is 0 Å². The van der Waals surface area contributed by atoms with E-state index in [-0.39, 0.29) is 5.78 Å². The number of carbonyl (C=O) groups is 1. The van der Waals surface area contributed by atoms with E-state index in [1.165, 1.54) is 5.56 Å². The van der Waals surface area contributed by atoms with Crippen LogP contribution in [0.2, 0.25) is 0 Å². The molecule has 2 rings (SSSR count). The third-order valence-corrected chi connectivity index (χ3v) is 4.38. The van der Waals surface area contributed by atoms with Gasteiger partial charge in [-0.05, 0) is 25.5 Å². The maximum atomic E-state index is 12.3. The number of nitrogens with zero attached hydrogens (tertiary/aromatic N) is 2. The molecule has 1 saturated heterocycles. The second kappa shape index (κ2) is 7.00. The van der Waals surface area contributed by atoms with Gasteiger partial charge in [0.05, 0.1) is 6.54 Å². The summed E-state index contributed by atoms with van der Waals surface area (Å²) in [4.78, 5) is 17.0. The van der Waals surface area contributed by atoms with Gasteiger partial charge < -0.3 is 4.90 Å². The van der Waals surface area contributed by atoms with Crippen molar-refractivity contribution in [3.8, 4) is 0 Å². The van der Waals surface area contributed by atoms with Crippen LogP contribution in [0.5, 0.6) is 0 Å². The molecule has 0 bridgehead atoms. The van der Waals surface area contributed by atoms with Gasteiger partial charge in [-0.15, -0.1) is 0 Å². The first-order valence-corrected chi connectivity index (χ1v) is 7.68. The Hall–Kier alpha value is -1.19. The first kappa shape index (κ1) is 15.2. The zero-order chi connectivity index (χ0) is 14.5. The Morgan fingerprint density at radius 2 is 1.90 bits per heavy atom. The van der Waals surface area contributed by atoms with E-state index in [0.29, 0.717) is 12.6 Å². The number of hydrogen-bond donors (Lipinski definition) is 0. The van der Waals surface area contributed by atoms with E-state index in [1.807, 2.05) is 12.1 Å². The first-order valence-electron chi connectivity index (χ1n) is 7.68. The maximum absolute atomic E-state index is 12.3. The minimum atomic E-state index is 0.243. The molecule has 1 aliphatic rings. The molecule has 1 atom stereocenters. The van der Waals surface area contributed by atoms with Crippen molar-refractivity contribution in [2.75, 3.05) is 33.2 Å². The fourth-order valence-electron chi connectivity index (χ4n) is 2.82. The van der Waals surface area contributed by atoms with Crippen LogP contribution in [0, 0.1) is 0 Å². The maximum Gasteiger partial charge on any atom is 0.176 e. The van der Waals surface area contributed by atoms with Crippen molar-refractivity contribution in [1.82, 2.24) is 9.80 Å². The minimum absolute atomic E-state index is 0.243. The Kier molecular flexibility index (Phi) is 5.32. The smallest absolute Gasteiger partial charge is 0.176 e. The summed E-state index contributed by atoms with van der Waals surface area (Å²) in [6, 6.07) is 8.64. The van der Waals surface area contributed by atoms with E-state index in [0.717, 1.165) is 38.0 Å². The van der Waals surface area contributed by atoms with Crippen molar-refractivity contribution < 1.29 is 4.79 Å². The van der Waals surface area contributed by atoms with E-state index in [4.69, 9.17) is 0 Å². The quantitative estimate of drug-likeness (QED) is 0.771. The monoisotopic (exact) mass is 274 g/mol. The highest BCUT2D eigenvalue weighted by atomic mass is 16.1. The fraction of sp³-hybridized carbons (Fsp3) is 0.588. The summed E-state index contributed by atoms with van der Waals surface area (Å²) in [6.45, 7) is 7.95. The molecule has 3 heteroatoms. The van der Waals surface area contributed by atoms with Crippen molar-refractivity contribution in [2.24, 2.45) is 0 Å². The Bertz CT molecular complexity index is 441. The molecule has 1 fully saturated rings. The van der Waals surface area contributed by atoms with Crippen LogP contribution in [0.1, 0.15) is 36.2 Å². The molecular formula is C17H26N2O. The van der Waals surface area contributed by atoms with Gasteiger partial charge in [-0.1, -0.05) is 38.1 Å². The predicted octanol–water partition coefficient (Wildman–Crippen LogP) is 2.46. The molecule has 0 N–H and O–H groups in total. The number of carbonyl (C=O) groups excluding carboxylic acids is 1. The van der Waals surface area contributed by atoms with Crippen LogP contribution in [-0.2, 0) is 6.42 Å². The van der Waals surface area contributed by atoms with Gasteiger partial charge in [0.15, 0.2) is 5.78 Å². The summed E-state index contributed by atoms with van der Waals surface area (Å²) in [7, 11) is 2.18. The summed E-state index contributed by atoms with van der Waals surface area (Å²) >= 11 is 0. The van der Waals surface area contributed by atoms with Gasteiger partial charge in [-0.25, -0.2) is 0 Å². The third-order valence-electron chi connectivity index (χ3n) is 4.38. The lowest BCUT2D eigenvalue weighted by atomic mass is 10.1. The van der Waals surface area contributed by atoms with Crippen molar-refractivity contribution in [1.29, 1.82) is 0 Å².